The van der Waals surface area contributed by atoms with E-state index in [4.69, 9.17) is 4.74 Å². The van der Waals surface area contributed by atoms with E-state index < -0.39 is 0 Å². The zero-order valence-electron chi connectivity index (χ0n) is 8.77. The van der Waals surface area contributed by atoms with Gasteiger partial charge in [-0.15, -0.1) is 0 Å². The fraction of sp³-hybridized carbons (Fsp3) is 0.273. The number of nitrogens with zero attached hydrogens (tertiary/aromatic N) is 2. The van der Waals surface area contributed by atoms with Crippen LogP contribution in [0.25, 0.3) is 0 Å². The van der Waals surface area contributed by atoms with E-state index in [1.807, 2.05) is 0 Å². The summed E-state index contributed by atoms with van der Waals surface area (Å²) in [5, 5.41) is 2.30. The largest absolute Gasteiger partial charge is 0.491 e. The molecule has 0 spiro atoms. The van der Waals surface area contributed by atoms with Crippen LogP contribution in [0.1, 0.15) is 6.42 Å². The van der Waals surface area contributed by atoms with Crippen LogP contribution in [0.5, 0.6) is 5.75 Å². The lowest BCUT2D eigenvalue weighted by Crippen LogP contribution is -2.25. The average molecular weight is 234 g/mol. The zero-order valence-corrected chi connectivity index (χ0v) is 9.58. The molecule has 1 aliphatic heterocycles. The Morgan fingerprint density at radius 1 is 1.56 bits per heavy atom. The van der Waals surface area contributed by atoms with E-state index in [2.05, 4.69) is 22.4 Å². The highest BCUT2D eigenvalue weighted by atomic mass is 32.1. The first-order valence-corrected chi connectivity index (χ1v) is 5.24. The fourth-order valence-electron chi connectivity index (χ4n) is 1.56. The molecule has 1 heterocycles. The van der Waals surface area contributed by atoms with Gasteiger partial charge in [0.15, 0.2) is 0 Å². The molecular weight excluding hydrogens is 224 g/mol. The number of anilines is 1. The Balaban J connectivity index is 2.49. The van der Waals surface area contributed by atoms with Crippen molar-refractivity contribution in [2.75, 3.05) is 18.6 Å². The Morgan fingerprint density at radius 2 is 2.38 bits per heavy atom. The molecule has 2 rings (SSSR count). The van der Waals surface area contributed by atoms with Crippen LogP contribution in [-0.4, -0.2) is 24.7 Å². The van der Waals surface area contributed by atoms with Crippen LogP contribution >= 0.6 is 12.2 Å². The molecule has 0 aromatic heterocycles. The zero-order chi connectivity index (χ0) is 11.5. The summed E-state index contributed by atoms with van der Waals surface area (Å²) in [6.07, 6.45) is 0.386. The molecule has 5 heteroatoms. The summed E-state index contributed by atoms with van der Waals surface area (Å²) in [7, 11) is 1.72. The highest BCUT2D eigenvalue weighted by Crippen LogP contribution is 2.33. The summed E-state index contributed by atoms with van der Waals surface area (Å²) in [6, 6.07) is 5.33. The molecule has 0 fully saturated rings. The van der Waals surface area contributed by atoms with E-state index in [1.165, 1.54) is 0 Å². The number of carbonyl (C=O) groups is 1. The van der Waals surface area contributed by atoms with Gasteiger partial charge in [0.2, 0.25) is 5.91 Å². The van der Waals surface area contributed by atoms with E-state index in [0.29, 0.717) is 30.2 Å². The highest BCUT2D eigenvalue weighted by molar-refractivity contribution is 7.78. The Bertz CT molecular complexity index is 481. The van der Waals surface area contributed by atoms with E-state index >= 15 is 0 Å². The summed E-state index contributed by atoms with van der Waals surface area (Å²) >= 11 is 4.54. The molecule has 0 radical (unpaired) electrons. The molecule has 0 N–H and O–H groups in total. The minimum Gasteiger partial charge on any atom is -0.491 e. The van der Waals surface area contributed by atoms with Gasteiger partial charge in [-0.3, -0.25) is 4.79 Å². The monoisotopic (exact) mass is 234 g/mol. The SMILES string of the molecule is CN1C(=O)CCOc2ccc(N=C=S)cc21. The number of amides is 1. The molecule has 0 bridgehead atoms. The maximum atomic E-state index is 11.6. The number of benzene rings is 1. The predicted octanol–water partition coefficient (Wildman–Crippen LogP) is 2.17. The topological polar surface area (TPSA) is 41.9 Å². The normalized spacial score (nSPS) is 14.6. The molecule has 16 heavy (non-hydrogen) atoms. The predicted molar refractivity (Wildman–Crippen MR) is 64.7 cm³/mol. The van der Waals surface area contributed by atoms with Crippen LogP contribution in [0.15, 0.2) is 23.2 Å². The molecule has 1 amide bonds. The van der Waals surface area contributed by atoms with E-state index in [9.17, 15) is 4.79 Å². The van der Waals surface area contributed by atoms with Crippen molar-refractivity contribution in [2.45, 2.75) is 6.42 Å². The summed E-state index contributed by atoms with van der Waals surface area (Å²) in [5.74, 6) is 0.721. The van der Waals surface area contributed by atoms with Crippen molar-refractivity contribution in [2.24, 2.45) is 4.99 Å². The number of isothiocyanates is 1. The van der Waals surface area contributed by atoms with Crippen molar-refractivity contribution in [3.63, 3.8) is 0 Å². The first-order chi connectivity index (χ1) is 7.72. The van der Waals surface area contributed by atoms with Gasteiger partial charge < -0.3 is 9.64 Å². The smallest absolute Gasteiger partial charge is 0.230 e. The molecule has 82 valence electrons. The maximum Gasteiger partial charge on any atom is 0.230 e. The van der Waals surface area contributed by atoms with Crippen LogP contribution < -0.4 is 9.64 Å². The lowest BCUT2D eigenvalue weighted by Gasteiger charge is -2.16. The maximum absolute atomic E-state index is 11.6. The third kappa shape index (κ3) is 1.96. The fourth-order valence-corrected chi connectivity index (χ4v) is 1.67. The van der Waals surface area contributed by atoms with Crippen molar-refractivity contribution in [3.8, 4) is 5.75 Å². The van der Waals surface area contributed by atoms with Crippen molar-refractivity contribution in [1.29, 1.82) is 0 Å². The standard InChI is InChI=1S/C11H10N2O2S/c1-13-9-6-8(12-7-16)2-3-10(9)15-5-4-11(13)14/h2-3,6H,4-5H2,1H3. The molecule has 0 saturated carbocycles. The Kier molecular flexibility index (Phi) is 2.99. The van der Waals surface area contributed by atoms with Crippen LogP contribution in [0.4, 0.5) is 11.4 Å². The quantitative estimate of drug-likeness (QED) is 0.552. The second kappa shape index (κ2) is 4.43. The molecule has 0 aliphatic carbocycles. The first-order valence-electron chi connectivity index (χ1n) is 4.83. The van der Waals surface area contributed by atoms with E-state index in [0.717, 1.165) is 0 Å². The highest BCUT2D eigenvalue weighted by Gasteiger charge is 2.19. The molecule has 0 unspecified atom stereocenters. The van der Waals surface area contributed by atoms with Gasteiger partial charge in [-0.1, -0.05) is 0 Å². The third-order valence-electron chi connectivity index (χ3n) is 2.43. The second-order valence-electron chi connectivity index (χ2n) is 3.41. The molecule has 0 saturated heterocycles. The van der Waals surface area contributed by atoms with E-state index in [-0.39, 0.29) is 5.91 Å². The van der Waals surface area contributed by atoms with Gasteiger partial charge in [0, 0.05) is 7.05 Å². The van der Waals surface area contributed by atoms with Crippen LogP contribution in [-0.2, 0) is 4.79 Å². The number of hydrogen-bond acceptors (Lipinski definition) is 4. The minimum atomic E-state index is 0.0298. The number of ether oxygens (including phenoxy) is 1. The number of thiocarbonyl (C=S) groups is 1. The summed E-state index contributed by atoms with van der Waals surface area (Å²) in [4.78, 5) is 17.1. The molecule has 0 atom stereocenters. The van der Waals surface area contributed by atoms with Gasteiger partial charge in [-0.2, -0.15) is 4.99 Å². The van der Waals surface area contributed by atoms with E-state index in [1.54, 1.807) is 30.1 Å². The first kappa shape index (κ1) is 10.8. The van der Waals surface area contributed by atoms with Crippen molar-refractivity contribution in [3.05, 3.63) is 18.2 Å². The lowest BCUT2D eigenvalue weighted by atomic mass is 10.2. The van der Waals surface area contributed by atoms with Crippen LogP contribution in [0.2, 0.25) is 0 Å². The molecule has 4 nitrogen and oxygen atoms in total. The van der Waals surface area contributed by atoms with Gasteiger partial charge in [-0.05, 0) is 30.4 Å². The van der Waals surface area contributed by atoms with Gasteiger partial charge >= 0.3 is 0 Å². The number of fused-ring (bicyclic) bond motifs is 1. The molecule has 1 aliphatic rings. The Hall–Kier alpha value is -1.71. The van der Waals surface area contributed by atoms with Crippen LogP contribution in [0.3, 0.4) is 0 Å². The number of carbonyl (C=O) groups excluding carboxylic acids is 1. The van der Waals surface area contributed by atoms with Gasteiger partial charge in [0.05, 0.1) is 29.6 Å². The van der Waals surface area contributed by atoms with Gasteiger partial charge in [0.1, 0.15) is 5.75 Å². The third-order valence-corrected chi connectivity index (χ3v) is 2.52. The molecule has 1 aromatic rings. The Morgan fingerprint density at radius 3 is 3.12 bits per heavy atom. The van der Waals surface area contributed by atoms with Crippen molar-refractivity contribution in [1.82, 2.24) is 0 Å². The Labute approximate surface area is 98.5 Å². The number of hydrogen-bond donors (Lipinski definition) is 0. The second-order valence-corrected chi connectivity index (χ2v) is 3.59. The summed E-state index contributed by atoms with van der Waals surface area (Å²) in [6.45, 7) is 0.409. The average Bonchev–Trinajstić information content (AvgIpc) is 2.42. The lowest BCUT2D eigenvalue weighted by molar-refractivity contribution is -0.118. The number of aliphatic imine (C=N–C) groups is 1. The summed E-state index contributed by atoms with van der Waals surface area (Å²) in [5.41, 5.74) is 1.38. The van der Waals surface area contributed by atoms with Crippen molar-refractivity contribution >= 4 is 34.7 Å². The van der Waals surface area contributed by atoms with Gasteiger partial charge in [-0.25, -0.2) is 0 Å². The minimum absolute atomic E-state index is 0.0298. The number of rotatable bonds is 1. The van der Waals surface area contributed by atoms with Crippen molar-refractivity contribution < 1.29 is 9.53 Å². The summed E-state index contributed by atoms with van der Waals surface area (Å²) < 4.78 is 5.47. The molecule has 1 aromatic carbocycles. The van der Waals surface area contributed by atoms with Crippen LogP contribution in [0, 0.1) is 0 Å². The molecular formula is C11H10N2O2S. The van der Waals surface area contributed by atoms with Gasteiger partial charge in [0.25, 0.3) is 0 Å².